The molecule has 258 valence electrons. The van der Waals surface area contributed by atoms with E-state index in [-0.39, 0.29) is 0 Å². The SMILES string of the molecule is c1ccc(-c2ccc(N(c3ccc(-c4c5nc(-c6ccccc6)sc5cc5oc6ccccc6c45)cc3)c3ccc4c(ccc5ccccc54)c3)cc2)cc1. The van der Waals surface area contributed by atoms with E-state index in [2.05, 4.69) is 181 Å². The second-order valence-electron chi connectivity index (χ2n) is 13.9. The van der Waals surface area contributed by atoms with Crippen LogP contribution in [0.1, 0.15) is 0 Å². The molecule has 0 saturated heterocycles. The Hall–Kier alpha value is -7.01. The molecule has 0 spiro atoms. The molecular formula is C51H32N2OS. The minimum atomic E-state index is 0.875. The standard InChI is InChI=1S/C51H32N2OS/c1-3-11-33(12-4-1)34-21-25-39(26-22-34)53(41-29-30-43-38(31-41)20-19-35-13-7-8-16-42(35)43)40-27-23-36(24-28-40)48-49-44-17-9-10-18-45(44)54-46(49)32-47-50(48)52-51(55-47)37-14-5-2-6-15-37/h1-32H. The first-order valence-electron chi connectivity index (χ1n) is 18.5. The Morgan fingerprint density at radius 3 is 1.76 bits per heavy atom. The van der Waals surface area contributed by atoms with Crippen LogP contribution in [0.3, 0.4) is 0 Å². The molecule has 0 unspecified atom stereocenters. The van der Waals surface area contributed by atoms with Crippen LogP contribution < -0.4 is 4.90 Å². The first-order valence-corrected chi connectivity index (χ1v) is 19.3. The maximum Gasteiger partial charge on any atom is 0.137 e. The van der Waals surface area contributed by atoms with Crippen LogP contribution in [-0.2, 0) is 0 Å². The molecule has 11 rings (SSSR count). The van der Waals surface area contributed by atoms with Gasteiger partial charge in [0.2, 0.25) is 0 Å². The van der Waals surface area contributed by atoms with Gasteiger partial charge in [0, 0.05) is 45.0 Å². The number of thiazole rings is 1. The van der Waals surface area contributed by atoms with Crippen molar-refractivity contribution in [2.75, 3.05) is 4.90 Å². The molecule has 0 aliphatic carbocycles. The van der Waals surface area contributed by atoms with E-state index in [9.17, 15) is 0 Å². The van der Waals surface area contributed by atoms with Crippen LogP contribution >= 0.6 is 11.3 Å². The van der Waals surface area contributed by atoms with Crippen molar-refractivity contribution < 1.29 is 4.42 Å². The number of aromatic nitrogens is 1. The summed E-state index contributed by atoms with van der Waals surface area (Å²) in [4.78, 5) is 7.65. The van der Waals surface area contributed by atoms with Gasteiger partial charge in [-0.25, -0.2) is 4.98 Å². The number of anilines is 3. The van der Waals surface area contributed by atoms with Crippen molar-refractivity contribution in [2.24, 2.45) is 0 Å². The molecule has 0 N–H and O–H groups in total. The third-order valence-electron chi connectivity index (χ3n) is 10.7. The molecule has 2 heterocycles. The summed E-state index contributed by atoms with van der Waals surface area (Å²) >= 11 is 1.71. The van der Waals surface area contributed by atoms with Crippen LogP contribution in [-0.4, -0.2) is 4.98 Å². The molecule has 0 amide bonds. The topological polar surface area (TPSA) is 29.3 Å². The molecule has 0 saturated carbocycles. The van der Waals surface area contributed by atoms with Crippen molar-refractivity contribution in [1.29, 1.82) is 0 Å². The summed E-state index contributed by atoms with van der Waals surface area (Å²) in [5.74, 6) is 0. The molecule has 55 heavy (non-hydrogen) atoms. The zero-order valence-electron chi connectivity index (χ0n) is 29.7. The van der Waals surface area contributed by atoms with E-state index in [1.807, 2.05) is 18.2 Å². The smallest absolute Gasteiger partial charge is 0.137 e. The number of furan rings is 1. The predicted molar refractivity (Wildman–Crippen MR) is 233 cm³/mol. The van der Waals surface area contributed by atoms with Gasteiger partial charge in [0.25, 0.3) is 0 Å². The normalized spacial score (nSPS) is 11.6. The lowest BCUT2D eigenvalue weighted by atomic mass is 9.97. The van der Waals surface area contributed by atoms with E-state index in [0.29, 0.717) is 0 Å². The Morgan fingerprint density at radius 2 is 1.00 bits per heavy atom. The van der Waals surface area contributed by atoms with Gasteiger partial charge < -0.3 is 9.32 Å². The summed E-state index contributed by atoms with van der Waals surface area (Å²) in [5.41, 5.74) is 11.7. The number of nitrogens with zero attached hydrogens (tertiary/aromatic N) is 2. The van der Waals surface area contributed by atoms with Gasteiger partial charge in [-0.2, -0.15) is 0 Å². The van der Waals surface area contributed by atoms with Crippen molar-refractivity contribution in [3.8, 4) is 32.8 Å². The van der Waals surface area contributed by atoms with E-state index in [1.54, 1.807) is 11.3 Å². The van der Waals surface area contributed by atoms with Crippen LogP contribution in [0, 0.1) is 0 Å². The highest BCUT2D eigenvalue weighted by Crippen LogP contribution is 2.46. The average molecular weight is 721 g/mol. The van der Waals surface area contributed by atoms with Gasteiger partial charge in [0.05, 0.1) is 10.2 Å². The van der Waals surface area contributed by atoms with Crippen molar-refractivity contribution >= 4 is 82.1 Å². The lowest BCUT2D eigenvalue weighted by Gasteiger charge is -2.26. The Labute approximate surface area is 322 Å². The molecule has 0 radical (unpaired) electrons. The van der Waals surface area contributed by atoms with Crippen molar-refractivity contribution in [2.45, 2.75) is 0 Å². The van der Waals surface area contributed by atoms with Crippen molar-refractivity contribution in [3.05, 3.63) is 194 Å². The quantitative estimate of drug-likeness (QED) is 0.160. The van der Waals surface area contributed by atoms with Crippen LogP contribution in [0.25, 0.3) is 86.5 Å². The highest BCUT2D eigenvalue weighted by atomic mass is 32.1. The van der Waals surface area contributed by atoms with Gasteiger partial charge in [-0.1, -0.05) is 146 Å². The number of hydrogen-bond donors (Lipinski definition) is 0. The van der Waals surface area contributed by atoms with Gasteiger partial charge >= 0.3 is 0 Å². The number of hydrogen-bond acceptors (Lipinski definition) is 4. The number of para-hydroxylation sites is 1. The van der Waals surface area contributed by atoms with E-state index in [4.69, 9.17) is 9.40 Å². The molecule has 9 aromatic carbocycles. The lowest BCUT2D eigenvalue weighted by molar-refractivity contribution is 0.669. The number of benzene rings is 9. The van der Waals surface area contributed by atoms with E-state index >= 15 is 0 Å². The monoisotopic (exact) mass is 720 g/mol. The summed E-state index contributed by atoms with van der Waals surface area (Å²) in [6.07, 6.45) is 0. The molecule has 0 bridgehead atoms. The highest BCUT2D eigenvalue weighted by Gasteiger charge is 2.21. The Balaban J connectivity index is 1.08. The maximum atomic E-state index is 6.49. The van der Waals surface area contributed by atoms with Crippen LogP contribution in [0.15, 0.2) is 199 Å². The fourth-order valence-corrected chi connectivity index (χ4v) is 9.06. The van der Waals surface area contributed by atoms with Gasteiger partial charge in [-0.3, -0.25) is 0 Å². The van der Waals surface area contributed by atoms with Crippen molar-refractivity contribution in [3.63, 3.8) is 0 Å². The van der Waals surface area contributed by atoms with Gasteiger partial charge in [0.15, 0.2) is 0 Å². The summed E-state index contributed by atoms with van der Waals surface area (Å²) in [7, 11) is 0. The molecule has 3 nitrogen and oxygen atoms in total. The maximum absolute atomic E-state index is 6.49. The van der Waals surface area contributed by atoms with Gasteiger partial charge in [-0.15, -0.1) is 11.3 Å². The summed E-state index contributed by atoms with van der Waals surface area (Å²) in [6, 6.07) is 69.2. The first kappa shape index (κ1) is 31.5. The zero-order valence-corrected chi connectivity index (χ0v) is 30.5. The molecule has 0 fully saturated rings. The Morgan fingerprint density at radius 1 is 0.418 bits per heavy atom. The zero-order chi connectivity index (χ0) is 36.3. The third kappa shape index (κ3) is 5.38. The minimum absolute atomic E-state index is 0.875. The largest absolute Gasteiger partial charge is 0.456 e. The Kier molecular flexibility index (Phi) is 7.35. The molecule has 2 aromatic heterocycles. The molecule has 4 heteroatoms. The molecule has 0 aliphatic rings. The van der Waals surface area contributed by atoms with E-state index < -0.39 is 0 Å². The predicted octanol–water partition coefficient (Wildman–Crippen LogP) is 15.0. The second kappa shape index (κ2) is 12.8. The van der Waals surface area contributed by atoms with Crippen LogP contribution in [0.2, 0.25) is 0 Å². The van der Waals surface area contributed by atoms with Crippen molar-refractivity contribution in [1.82, 2.24) is 4.98 Å². The molecule has 0 atom stereocenters. The summed E-state index contributed by atoms with van der Waals surface area (Å²) < 4.78 is 7.59. The molecular weight excluding hydrogens is 689 g/mol. The average Bonchev–Trinajstić information content (AvgIpc) is 3.85. The number of fused-ring (bicyclic) bond motifs is 7. The first-order chi connectivity index (χ1) is 27.2. The lowest BCUT2D eigenvalue weighted by Crippen LogP contribution is -2.09. The van der Waals surface area contributed by atoms with Gasteiger partial charge in [0.1, 0.15) is 16.2 Å². The Bertz CT molecular complexity index is 3180. The summed E-state index contributed by atoms with van der Waals surface area (Å²) in [6.45, 7) is 0. The molecule has 0 aliphatic heterocycles. The summed E-state index contributed by atoms with van der Waals surface area (Å²) in [5, 5.41) is 8.15. The van der Waals surface area contributed by atoms with E-state index in [0.717, 1.165) is 70.9 Å². The third-order valence-corrected chi connectivity index (χ3v) is 11.7. The van der Waals surface area contributed by atoms with Crippen LogP contribution in [0.4, 0.5) is 17.1 Å². The van der Waals surface area contributed by atoms with E-state index in [1.165, 1.54) is 32.7 Å². The molecule has 11 aromatic rings. The number of rotatable bonds is 6. The fourth-order valence-electron chi connectivity index (χ4n) is 8.05. The van der Waals surface area contributed by atoms with Crippen LogP contribution in [0.5, 0.6) is 0 Å². The minimum Gasteiger partial charge on any atom is -0.456 e. The fraction of sp³-hybridized carbons (Fsp3) is 0. The van der Waals surface area contributed by atoms with Gasteiger partial charge in [-0.05, 0) is 80.7 Å². The second-order valence-corrected chi connectivity index (χ2v) is 15.0. The highest BCUT2D eigenvalue weighted by molar-refractivity contribution is 7.21.